The van der Waals surface area contributed by atoms with Gasteiger partial charge in [0.25, 0.3) is 0 Å². The molecule has 2 nitrogen and oxygen atoms in total. The second-order valence-corrected chi connectivity index (χ2v) is 14.1. The minimum atomic E-state index is -3.48. The van der Waals surface area contributed by atoms with Crippen LogP contribution in [0.15, 0.2) is 105 Å². The van der Waals surface area contributed by atoms with Crippen molar-refractivity contribution in [1.82, 2.24) is 0 Å². The van der Waals surface area contributed by atoms with Crippen LogP contribution in [-0.2, 0) is 9.84 Å². The molecule has 0 heterocycles. The Morgan fingerprint density at radius 3 is 1.60 bits per heavy atom. The normalized spacial score (nSPS) is 14.8. The summed E-state index contributed by atoms with van der Waals surface area (Å²) in [4.78, 5) is 0.400. The molecule has 0 aliphatic carbocycles. The quantitative estimate of drug-likeness (QED) is 0.120. The van der Waals surface area contributed by atoms with Crippen molar-refractivity contribution in [3.05, 3.63) is 100 Å². The first-order valence-corrected chi connectivity index (χ1v) is 17.4. The second kappa shape index (κ2) is 20.0. The monoisotopic (exact) mass is 628 g/mol. The summed E-state index contributed by atoms with van der Waals surface area (Å²) in [6, 6.07) is 8.91. The van der Waals surface area contributed by atoms with Gasteiger partial charge >= 0.3 is 0 Å². The first-order chi connectivity index (χ1) is 19.0. The third-order valence-corrected chi connectivity index (χ3v) is 9.79. The summed E-state index contributed by atoms with van der Waals surface area (Å²) in [6.07, 6.45) is 22.0. The minimum absolute atomic E-state index is 0.400. The lowest BCUT2D eigenvalue weighted by Gasteiger charge is -2.18. The van der Waals surface area contributed by atoms with Gasteiger partial charge in [0.05, 0.1) is 10.1 Å². The van der Waals surface area contributed by atoms with Crippen molar-refractivity contribution in [2.75, 3.05) is 5.33 Å². The van der Waals surface area contributed by atoms with Crippen molar-refractivity contribution in [2.45, 2.75) is 116 Å². The smallest absolute Gasteiger partial charge is 0.185 e. The van der Waals surface area contributed by atoms with Crippen LogP contribution in [0.5, 0.6) is 0 Å². The second-order valence-electron chi connectivity index (χ2n) is 11.3. The summed E-state index contributed by atoms with van der Waals surface area (Å²) in [6.45, 7) is 14.9. The van der Waals surface area contributed by atoms with Crippen molar-refractivity contribution in [3.8, 4) is 0 Å². The van der Waals surface area contributed by atoms with Gasteiger partial charge in [0, 0.05) is 5.33 Å². The molecule has 0 bridgehead atoms. The van der Waals surface area contributed by atoms with Gasteiger partial charge < -0.3 is 0 Å². The summed E-state index contributed by atoms with van der Waals surface area (Å²) in [5.74, 6) is 0. The molecule has 1 rings (SSSR count). The van der Waals surface area contributed by atoms with Gasteiger partial charge in [-0.25, -0.2) is 8.42 Å². The van der Waals surface area contributed by atoms with Crippen LogP contribution in [0.3, 0.4) is 0 Å². The van der Waals surface area contributed by atoms with Crippen LogP contribution in [0, 0.1) is 0 Å². The highest BCUT2D eigenvalue weighted by atomic mass is 79.9. The SMILES string of the molecule is CC(C)=CCC/C(C)=C/CC/C(C)=C/C[C@@H](/C(C)=C/CC/C(C)=C/CC/C(C)=C/CBr)S(=O)(=O)c1ccccc1. The van der Waals surface area contributed by atoms with E-state index in [1.54, 1.807) is 24.3 Å². The number of hydrogen-bond donors (Lipinski definition) is 0. The molecule has 222 valence electrons. The highest BCUT2D eigenvalue weighted by molar-refractivity contribution is 9.09. The Morgan fingerprint density at radius 1 is 0.650 bits per heavy atom. The molecule has 0 spiro atoms. The van der Waals surface area contributed by atoms with Crippen LogP contribution < -0.4 is 0 Å². The lowest BCUT2D eigenvalue weighted by molar-refractivity contribution is 0.585. The van der Waals surface area contributed by atoms with E-state index in [1.807, 2.05) is 13.0 Å². The van der Waals surface area contributed by atoms with Gasteiger partial charge in [0.1, 0.15) is 0 Å². The molecule has 0 aliphatic heterocycles. The molecule has 40 heavy (non-hydrogen) atoms. The zero-order valence-electron chi connectivity index (χ0n) is 26.1. The number of sulfone groups is 1. The highest BCUT2D eigenvalue weighted by Crippen LogP contribution is 2.26. The zero-order chi connectivity index (χ0) is 30.0. The third-order valence-electron chi connectivity index (χ3n) is 7.22. The summed E-state index contributed by atoms with van der Waals surface area (Å²) in [5.41, 5.74) is 7.73. The van der Waals surface area contributed by atoms with Gasteiger partial charge in [-0.05, 0) is 118 Å². The van der Waals surface area contributed by atoms with E-state index in [9.17, 15) is 8.42 Å². The number of alkyl halides is 1. The lowest BCUT2D eigenvalue weighted by Crippen LogP contribution is -2.22. The fraction of sp³-hybridized carbons (Fsp3) is 0.500. The molecule has 0 saturated heterocycles. The van der Waals surface area contributed by atoms with E-state index in [4.69, 9.17) is 0 Å². The predicted octanol–water partition coefficient (Wildman–Crippen LogP) is 11.4. The maximum absolute atomic E-state index is 13.7. The van der Waals surface area contributed by atoms with E-state index in [2.05, 4.69) is 93.9 Å². The number of allylic oxidation sites excluding steroid dienone is 11. The molecular weight excluding hydrogens is 576 g/mol. The lowest BCUT2D eigenvalue weighted by atomic mass is 10.0. The van der Waals surface area contributed by atoms with Crippen LogP contribution >= 0.6 is 15.9 Å². The van der Waals surface area contributed by atoms with E-state index in [0.29, 0.717) is 11.3 Å². The number of hydrogen-bond acceptors (Lipinski definition) is 2. The van der Waals surface area contributed by atoms with Crippen molar-refractivity contribution < 1.29 is 8.42 Å². The average molecular weight is 630 g/mol. The molecule has 0 radical (unpaired) electrons. The minimum Gasteiger partial charge on any atom is -0.223 e. The van der Waals surface area contributed by atoms with Gasteiger partial charge in [-0.2, -0.15) is 0 Å². The van der Waals surface area contributed by atoms with Crippen molar-refractivity contribution in [3.63, 3.8) is 0 Å². The molecule has 0 aromatic heterocycles. The number of halogens is 1. The molecule has 0 aliphatic rings. The molecule has 0 unspecified atom stereocenters. The fourth-order valence-corrected chi connectivity index (χ4v) is 6.87. The molecule has 1 aromatic rings. The largest absolute Gasteiger partial charge is 0.223 e. The maximum Gasteiger partial charge on any atom is 0.185 e. The van der Waals surface area contributed by atoms with Crippen LogP contribution in [0.2, 0.25) is 0 Å². The topological polar surface area (TPSA) is 34.1 Å². The fourth-order valence-electron chi connectivity index (χ4n) is 4.52. The van der Waals surface area contributed by atoms with Gasteiger partial charge in [-0.1, -0.05) is 104 Å². The molecular formula is C36H53BrO2S. The Bertz CT molecular complexity index is 1170. The van der Waals surface area contributed by atoms with E-state index >= 15 is 0 Å². The Labute approximate surface area is 255 Å². The molecule has 0 saturated carbocycles. The molecule has 0 amide bonds. The Balaban J connectivity index is 2.92. The molecule has 1 atom stereocenters. The van der Waals surface area contributed by atoms with Crippen LogP contribution in [0.1, 0.15) is 106 Å². The standard InChI is InChI=1S/C36H53BrO2S/c1-29(2)15-11-16-30(3)17-12-19-32(5)25-26-36(40(38,39)35-23-9-8-10-24-35)34(7)22-14-21-31(4)18-13-20-33(6)27-28-37/h8-10,15,17-18,22-25,27,36H,11-14,16,19-21,26,28H2,1-7H3/b30-17+,31-18+,32-25+,33-27+,34-22+/t36-/m0/s1. The zero-order valence-corrected chi connectivity index (χ0v) is 28.5. The van der Waals surface area contributed by atoms with Gasteiger partial charge in [0.15, 0.2) is 9.84 Å². The van der Waals surface area contributed by atoms with Crippen LogP contribution in [0.4, 0.5) is 0 Å². The summed E-state index contributed by atoms with van der Waals surface area (Å²) >= 11 is 3.46. The van der Waals surface area contributed by atoms with Crippen molar-refractivity contribution in [2.24, 2.45) is 0 Å². The first-order valence-electron chi connectivity index (χ1n) is 14.7. The third kappa shape index (κ3) is 15.2. The summed E-state index contributed by atoms with van der Waals surface area (Å²) in [7, 11) is -3.48. The molecule has 0 fully saturated rings. The van der Waals surface area contributed by atoms with Gasteiger partial charge in [0.2, 0.25) is 0 Å². The van der Waals surface area contributed by atoms with Crippen molar-refractivity contribution in [1.29, 1.82) is 0 Å². The van der Waals surface area contributed by atoms with E-state index < -0.39 is 15.1 Å². The highest BCUT2D eigenvalue weighted by Gasteiger charge is 2.27. The number of rotatable bonds is 18. The number of benzene rings is 1. The molecule has 0 N–H and O–H groups in total. The van der Waals surface area contributed by atoms with Crippen molar-refractivity contribution >= 4 is 25.8 Å². The van der Waals surface area contributed by atoms with E-state index in [1.165, 1.54) is 27.9 Å². The van der Waals surface area contributed by atoms with Crippen LogP contribution in [0.25, 0.3) is 0 Å². The van der Waals surface area contributed by atoms with Gasteiger partial charge in [-0.15, -0.1) is 0 Å². The first kappa shape index (κ1) is 36.1. The predicted molar refractivity (Wildman–Crippen MR) is 181 cm³/mol. The summed E-state index contributed by atoms with van der Waals surface area (Å²) in [5, 5.41) is 0.355. The van der Waals surface area contributed by atoms with E-state index in [0.717, 1.165) is 62.3 Å². The molecule has 4 heteroatoms. The average Bonchev–Trinajstić information content (AvgIpc) is 2.89. The molecule has 1 aromatic carbocycles. The maximum atomic E-state index is 13.7. The van der Waals surface area contributed by atoms with Gasteiger partial charge in [-0.3, -0.25) is 0 Å². The summed E-state index contributed by atoms with van der Waals surface area (Å²) < 4.78 is 27.4. The Hall–Kier alpha value is -1.91. The van der Waals surface area contributed by atoms with Crippen LogP contribution in [-0.4, -0.2) is 19.0 Å². The van der Waals surface area contributed by atoms with E-state index in [-0.39, 0.29) is 0 Å². The Kier molecular flexibility index (Phi) is 18.1. The Morgan fingerprint density at radius 2 is 1.10 bits per heavy atom.